The van der Waals surface area contributed by atoms with E-state index in [9.17, 15) is 4.79 Å². The van der Waals surface area contributed by atoms with E-state index in [1.807, 2.05) is 54.6 Å². The third-order valence-electron chi connectivity index (χ3n) is 3.87. The number of hydrogen-bond acceptors (Lipinski definition) is 3. The average Bonchev–Trinajstić information content (AvgIpc) is 3.07. The monoisotopic (exact) mass is 333 g/mol. The Kier molecular flexibility index (Phi) is 3.63. The molecule has 0 radical (unpaired) electrons. The number of halogens is 1. The van der Waals surface area contributed by atoms with Crippen molar-refractivity contribution in [3.05, 3.63) is 77.3 Å². The molecule has 0 spiro atoms. The Balaban J connectivity index is 1.94. The molecule has 3 nitrogen and oxygen atoms in total. The first kappa shape index (κ1) is 14.7. The predicted molar refractivity (Wildman–Crippen MR) is 95.3 cm³/mol. The van der Waals surface area contributed by atoms with E-state index in [1.165, 1.54) is 0 Å². The lowest BCUT2D eigenvalue weighted by molar-refractivity contribution is 0.112. The molecule has 0 amide bonds. The molecule has 1 aromatic heterocycles. The second-order valence-corrected chi connectivity index (χ2v) is 5.82. The van der Waals surface area contributed by atoms with Crippen molar-refractivity contribution in [1.29, 1.82) is 0 Å². The number of carbonyl (C=O) groups excluding carboxylic acids is 1. The molecule has 116 valence electrons. The molecule has 4 heteroatoms. The van der Waals surface area contributed by atoms with Crippen molar-refractivity contribution < 1.29 is 9.21 Å². The van der Waals surface area contributed by atoms with Crippen LogP contribution in [-0.2, 0) is 0 Å². The van der Waals surface area contributed by atoms with Crippen molar-refractivity contribution in [3.8, 4) is 22.6 Å². The van der Waals surface area contributed by atoms with Gasteiger partial charge in [0, 0.05) is 21.7 Å². The predicted octanol–water partition coefficient (Wildman–Crippen LogP) is 5.63. The van der Waals surface area contributed by atoms with Gasteiger partial charge in [-0.1, -0.05) is 48.0 Å². The van der Waals surface area contributed by atoms with E-state index in [4.69, 9.17) is 16.0 Å². The molecule has 0 bridgehead atoms. The van der Waals surface area contributed by atoms with E-state index in [-0.39, 0.29) is 0 Å². The van der Waals surface area contributed by atoms with E-state index in [0.29, 0.717) is 22.1 Å². The van der Waals surface area contributed by atoms with Gasteiger partial charge in [0.2, 0.25) is 5.89 Å². The highest BCUT2D eigenvalue weighted by molar-refractivity contribution is 6.31. The zero-order valence-electron chi connectivity index (χ0n) is 12.6. The van der Waals surface area contributed by atoms with Crippen molar-refractivity contribution in [3.63, 3.8) is 0 Å². The molecule has 0 aliphatic rings. The molecule has 24 heavy (non-hydrogen) atoms. The maximum atomic E-state index is 11.4. The zero-order chi connectivity index (χ0) is 16.5. The third kappa shape index (κ3) is 2.49. The van der Waals surface area contributed by atoms with E-state index in [1.54, 1.807) is 12.1 Å². The molecule has 3 aromatic carbocycles. The molecule has 1 heterocycles. The topological polar surface area (TPSA) is 43.1 Å². The number of benzene rings is 3. The summed E-state index contributed by atoms with van der Waals surface area (Å²) in [4.78, 5) is 16.0. The van der Waals surface area contributed by atoms with Gasteiger partial charge in [0.15, 0.2) is 11.9 Å². The highest BCUT2D eigenvalue weighted by atomic mass is 35.5. The van der Waals surface area contributed by atoms with Gasteiger partial charge in [-0.25, -0.2) is 4.98 Å². The molecule has 0 fully saturated rings. The Labute approximate surface area is 143 Å². The smallest absolute Gasteiger partial charge is 0.227 e. The first-order valence-corrected chi connectivity index (χ1v) is 7.84. The molecule has 0 atom stereocenters. The maximum Gasteiger partial charge on any atom is 0.227 e. The first-order chi connectivity index (χ1) is 11.8. The van der Waals surface area contributed by atoms with Crippen LogP contribution in [0.5, 0.6) is 0 Å². The summed E-state index contributed by atoms with van der Waals surface area (Å²) in [6.07, 6.45) is 0.800. The minimum Gasteiger partial charge on any atom is -0.435 e. The molecule has 0 aliphatic carbocycles. The average molecular weight is 334 g/mol. The van der Waals surface area contributed by atoms with E-state index in [2.05, 4.69) is 4.98 Å². The van der Waals surface area contributed by atoms with Crippen LogP contribution < -0.4 is 0 Å². The summed E-state index contributed by atoms with van der Waals surface area (Å²) in [5.74, 6) is 0.555. The summed E-state index contributed by atoms with van der Waals surface area (Å²) in [6.45, 7) is 0. The number of carbonyl (C=O) groups is 1. The summed E-state index contributed by atoms with van der Waals surface area (Å²) in [6, 6.07) is 20.7. The Hall–Kier alpha value is -2.91. The highest BCUT2D eigenvalue weighted by Crippen LogP contribution is 2.34. The third-order valence-corrected chi connectivity index (χ3v) is 4.10. The Morgan fingerprint density at radius 2 is 1.75 bits per heavy atom. The molecule has 0 saturated carbocycles. The molecule has 0 saturated heterocycles. The van der Waals surface area contributed by atoms with Crippen LogP contribution >= 0.6 is 11.6 Å². The summed E-state index contributed by atoms with van der Waals surface area (Å²) in [5, 5.41) is 0.524. The van der Waals surface area contributed by atoms with E-state index in [0.717, 1.165) is 28.5 Å². The van der Waals surface area contributed by atoms with Gasteiger partial charge in [-0.2, -0.15) is 0 Å². The van der Waals surface area contributed by atoms with Crippen molar-refractivity contribution >= 4 is 29.0 Å². The van der Waals surface area contributed by atoms with Crippen LogP contribution in [0.1, 0.15) is 10.4 Å². The lowest BCUT2D eigenvalue weighted by Crippen LogP contribution is -1.88. The van der Waals surface area contributed by atoms with Crippen molar-refractivity contribution in [2.45, 2.75) is 0 Å². The number of para-hydroxylation sites is 1. The fraction of sp³-hybridized carbons (Fsp3) is 0. The lowest BCUT2D eigenvalue weighted by atomic mass is 10.00. The number of fused-ring (bicyclic) bond motifs is 1. The van der Waals surface area contributed by atoms with E-state index >= 15 is 0 Å². The summed E-state index contributed by atoms with van der Waals surface area (Å²) >= 11 is 5.99. The van der Waals surface area contributed by atoms with Crippen LogP contribution in [-0.4, -0.2) is 11.3 Å². The van der Waals surface area contributed by atoms with Gasteiger partial charge < -0.3 is 4.42 Å². The van der Waals surface area contributed by atoms with Crippen LogP contribution in [0.4, 0.5) is 0 Å². The summed E-state index contributed by atoms with van der Waals surface area (Å²) < 4.78 is 6.01. The van der Waals surface area contributed by atoms with Crippen LogP contribution in [0.2, 0.25) is 5.02 Å². The second kappa shape index (κ2) is 5.95. The van der Waals surface area contributed by atoms with Crippen LogP contribution in [0.25, 0.3) is 33.7 Å². The second-order valence-electron chi connectivity index (χ2n) is 5.39. The van der Waals surface area contributed by atoms with Crippen LogP contribution in [0, 0.1) is 0 Å². The largest absolute Gasteiger partial charge is 0.435 e. The normalized spacial score (nSPS) is 10.9. The van der Waals surface area contributed by atoms with Gasteiger partial charge in [-0.15, -0.1) is 0 Å². The SMILES string of the molecule is O=Cc1cc(Cl)ccc1-c1cccc2nc(-c3ccccc3)oc12. The standard InChI is InChI=1S/C20H12ClNO2/c21-15-9-10-16(14(11-15)12-23)17-7-4-8-18-19(17)24-20(22-18)13-5-2-1-3-6-13/h1-12H. The summed E-state index contributed by atoms with van der Waals surface area (Å²) in [5.41, 5.74) is 4.43. The highest BCUT2D eigenvalue weighted by Gasteiger charge is 2.15. The quantitative estimate of drug-likeness (QED) is 0.456. The van der Waals surface area contributed by atoms with Crippen LogP contribution in [0.3, 0.4) is 0 Å². The van der Waals surface area contributed by atoms with Gasteiger partial charge in [-0.3, -0.25) is 4.79 Å². The number of aldehydes is 1. The molecular weight excluding hydrogens is 322 g/mol. The van der Waals surface area contributed by atoms with Gasteiger partial charge in [-0.05, 0) is 35.9 Å². The fourth-order valence-corrected chi connectivity index (χ4v) is 2.92. The Bertz CT molecular complexity index is 1040. The minimum absolute atomic E-state index is 0.521. The van der Waals surface area contributed by atoms with Gasteiger partial charge >= 0.3 is 0 Å². The molecule has 0 N–H and O–H groups in total. The lowest BCUT2D eigenvalue weighted by Gasteiger charge is -2.05. The molecular formula is C20H12ClNO2. The number of oxazole rings is 1. The summed E-state index contributed by atoms with van der Waals surface area (Å²) in [7, 11) is 0. The van der Waals surface area contributed by atoms with Crippen molar-refractivity contribution in [2.75, 3.05) is 0 Å². The maximum absolute atomic E-state index is 11.4. The minimum atomic E-state index is 0.521. The van der Waals surface area contributed by atoms with Gasteiger partial charge in [0.25, 0.3) is 0 Å². The van der Waals surface area contributed by atoms with Gasteiger partial charge in [0.05, 0.1) is 0 Å². The van der Waals surface area contributed by atoms with Crippen LogP contribution in [0.15, 0.2) is 71.1 Å². The number of hydrogen-bond donors (Lipinski definition) is 0. The Morgan fingerprint density at radius 3 is 2.54 bits per heavy atom. The number of aromatic nitrogens is 1. The number of rotatable bonds is 3. The first-order valence-electron chi connectivity index (χ1n) is 7.46. The number of nitrogens with zero attached hydrogens (tertiary/aromatic N) is 1. The zero-order valence-corrected chi connectivity index (χ0v) is 13.3. The molecule has 4 aromatic rings. The molecule has 4 rings (SSSR count). The van der Waals surface area contributed by atoms with Crippen molar-refractivity contribution in [2.24, 2.45) is 0 Å². The van der Waals surface area contributed by atoms with Crippen molar-refractivity contribution in [1.82, 2.24) is 4.98 Å². The van der Waals surface area contributed by atoms with Gasteiger partial charge in [0.1, 0.15) is 5.52 Å². The fourth-order valence-electron chi connectivity index (χ4n) is 2.74. The van der Waals surface area contributed by atoms with E-state index < -0.39 is 0 Å². The molecule has 0 unspecified atom stereocenters. The molecule has 0 aliphatic heterocycles. The Morgan fingerprint density at radius 1 is 0.917 bits per heavy atom.